The van der Waals surface area contributed by atoms with Gasteiger partial charge in [-0.25, -0.2) is 9.98 Å². The number of nitrogens with one attached hydrogen (secondary N) is 1. The first kappa shape index (κ1) is 15.9. The molecular weight excluding hydrogens is 284 g/mol. The van der Waals surface area contributed by atoms with Gasteiger partial charge in [0.2, 0.25) is 5.13 Å². The van der Waals surface area contributed by atoms with E-state index in [0.29, 0.717) is 29.1 Å². The van der Waals surface area contributed by atoms with Crippen LogP contribution in [0.15, 0.2) is 11.2 Å². The summed E-state index contributed by atoms with van der Waals surface area (Å²) in [7, 11) is 2.10. The van der Waals surface area contributed by atoms with Gasteiger partial charge in [0.25, 0.3) is 0 Å². The van der Waals surface area contributed by atoms with Crippen molar-refractivity contribution in [2.75, 3.05) is 33.2 Å². The van der Waals surface area contributed by atoms with Crippen LogP contribution in [-0.2, 0) is 0 Å². The Bertz CT molecular complexity index is 513. The van der Waals surface area contributed by atoms with Gasteiger partial charge in [0, 0.05) is 37.3 Å². The van der Waals surface area contributed by atoms with Gasteiger partial charge >= 0.3 is 0 Å². The van der Waals surface area contributed by atoms with Gasteiger partial charge in [0.1, 0.15) is 11.7 Å². The van der Waals surface area contributed by atoms with Gasteiger partial charge in [0.15, 0.2) is 0 Å². The SMILES string of the molecule is CC(C)c1cnc(N=C(N)CC(=N)N2CCN(C)CC2)s1. The Kier molecular flexibility index (Phi) is 5.30. The smallest absolute Gasteiger partial charge is 0.210 e. The summed E-state index contributed by atoms with van der Waals surface area (Å²) >= 11 is 1.56. The Morgan fingerprint density at radius 1 is 1.43 bits per heavy atom. The summed E-state index contributed by atoms with van der Waals surface area (Å²) in [6.45, 7) is 8.02. The van der Waals surface area contributed by atoms with Crippen molar-refractivity contribution in [2.24, 2.45) is 10.7 Å². The highest BCUT2D eigenvalue weighted by Gasteiger charge is 2.17. The van der Waals surface area contributed by atoms with Crippen LogP contribution in [-0.4, -0.2) is 59.7 Å². The molecule has 0 unspecified atom stereocenters. The van der Waals surface area contributed by atoms with Gasteiger partial charge in [-0.2, -0.15) is 0 Å². The fourth-order valence-electron chi connectivity index (χ4n) is 2.12. The van der Waals surface area contributed by atoms with Gasteiger partial charge in [-0.3, -0.25) is 5.41 Å². The van der Waals surface area contributed by atoms with Crippen molar-refractivity contribution in [1.29, 1.82) is 5.41 Å². The number of likely N-dealkylation sites (N-methyl/N-ethyl adjacent to an activating group) is 1. The minimum atomic E-state index is 0.389. The lowest BCUT2D eigenvalue weighted by Gasteiger charge is -2.34. The van der Waals surface area contributed by atoms with E-state index in [0.717, 1.165) is 26.2 Å². The predicted molar refractivity (Wildman–Crippen MR) is 88.9 cm³/mol. The van der Waals surface area contributed by atoms with Gasteiger partial charge in [-0.15, -0.1) is 0 Å². The number of nitrogens with two attached hydrogens (primary N) is 1. The number of aromatic nitrogens is 1. The van der Waals surface area contributed by atoms with Crippen molar-refractivity contribution in [3.05, 3.63) is 11.1 Å². The Labute approximate surface area is 130 Å². The van der Waals surface area contributed by atoms with Crippen LogP contribution in [0.1, 0.15) is 31.1 Å². The molecule has 1 aliphatic heterocycles. The van der Waals surface area contributed by atoms with E-state index in [1.54, 1.807) is 11.3 Å². The van der Waals surface area contributed by atoms with E-state index in [9.17, 15) is 0 Å². The molecule has 116 valence electrons. The van der Waals surface area contributed by atoms with Crippen molar-refractivity contribution in [1.82, 2.24) is 14.8 Å². The first-order chi connectivity index (χ1) is 9.95. The minimum absolute atomic E-state index is 0.389. The molecule has 0 aliphatic carbocycles. The van der Waals surface area contributed by atoms with Crippen LogP contribution in [0.4, 0.5) is 5.13 Å². The van der Waals surface area contributed by atoms with Crippen molar-refractivity contribution >= 4 is 28.1 Å². The molecule has 0 atom stereocenters. The second-order valence-electron chi connectivity index (χ2n) is 5.72. The Hall–Kier alpha value is -1.47. The summed E-state index contributed by atoms with van der Waals surface area (Å²) in [6, 6.07) is 0. The molecule has 3 N–H and O–H groups in total. The average Bonchev–Trinajstić information content (AvgIpc) is 2.87. The van der Waals surface area contributed by atoms with Gasteiger partial charge in [-0.1, -0.05) is 25.2 Å². The number of hydrogen-bond acceptors (Lipinski definition) is 5. The minimum Gasteiger partial charge on any atom is -0.387 e. The van der Waals surface area contributed by atoms with Gasteiger partial charge in [-0.05, 0) is 13.0 Å². The molecule has 1 saturated heterocycles. The summed E-state index contributed by atoms with van der Waals surface area (Å²) in [5.74, 6) is 1.46. The molecule has 7 heteroatoms. The molecule has 0 radical (unpaired) electrons. The third-order valence-electron chi connectivity index (χ3n) is 3.55. The van der Waals surface area contributed by atoms with Crippen LogP contribution in [0.5, 0.6) is 0 Å². The number of nitrogens with zero attached hydrogens (tertiary/aromatic N) is 4. The molecule has 0 aromatic carbocycles. The zero-order valence-electron chi connectivity index (χ0n) is 13.0. The third kappa shape index (κ3) is 4.50. The highest BCUT2D eigenvalue weighted by atomic mass is 32.1. The third-order valence-corrected chi connectivity index (χ3v) is 4.75. The second kappa shape index (κ2) is 7.00. The maximum atomic E-state index is 8.15. The molecule has 1 aliphatic rings. The summed E-state index contributed by atoms with van der Waals surface area (Å²) in [5.41, 5.74) is 5.96. The van der Waals surface area contributed by atoms with E-state index in [1.165, 1.54) is 4.88 Å². The molecule has 21 heavy (non-hydrogen) atoms. The molecule has 0 saturated carbocycles. The molecule has 0 bridgehead atoms. The quantitative estimate of drug-likeness (QED) is 0.657. The molecule has 1 aromatic heterocycles. The molecule has 1 fully saturated rings. The van der Waals surface area contributed by atoms with Crippen molar-refractivity contribution < 1.29 is 0 Å². The van der Waals surface area contributed by atoms with E-state index in [-0.39, 0.29) is 0 Å². The Morgan fingerprint density at radius 2 is 2.10 bits per heavy atom. The largest absolute Gasteiger partial charge is 0.387 e. The van der Waals surface area contributed by atoms with Gasteiger partial charge in [0.05, 0.1) is 6.42 Å². The summed E-state index contributed by atoms with van der Waals surface area (Å²) < 4.78 is 0. The average molecular weight is 308 g/mol. The van der Waals surface area contributed by atoms with E-state index in [4.69, 9.17) is 11.1 Å². The first-order valence-electron chi connectivity index (χ1n) is 7.25. The summed E-state index contributed by atoms with van der Waals surface area (Å²) in [5, 5.41) is 8.83. The number of aliphatic imine (C=N–C) groups is 1. The fraction of sp³-hybridized carbons (Fsp3) is 0.643. The van der Waals surface area contributed by atoms with Crippen LogP contribution in [0, 0.1) is 5.41 Å². The number of amidine groups is 2. The monoisotopic (exact) mass is 308 g/mol. The first-order valence-corrected chi connectivity index (χ1v) is 8.07. The highest BCUT2D eigenvalue weighted by Crippen LogP contribution is 2.27. The number of thiazole rings is 1. The van der Waals surface area contributed by atoms with Crippen molar-refractivity contribution in [3.8, 4) is 0 Å². The predicted octanol–water partition coefficient (Wildman–Crippen LogP) is 1.87. The van der Waals surface area contributed by atoms with Crippen LogP contribution in [0.2, 0.25) is 0 Å². The standard InChI is InChI=1S/C14H24N6S/c1-10(2)11-9-17-14(21-11)18-12(15)8-13(16)20-6-4-19(3)5-7-20/h9-10,16H,4-8H2,1-3H3,(H2,15,17,18). The Balaban J connectivity index is 1.91. The van der Waals surface area contributed by atoms with E-state index >= 15 is 0 Å². The lowest BCUT2D eigenvalue weighted by atomic mass is 10.2. The Morgan fingerprint density at radius 3 is 2.67 bits per heavy atom. The summed E-state index contributed by atoms with van der Waals surface area (Å²) in [6.07, 6.45) is 2.24. The summed E-state index contributed by atoms with van der Waals surface area (Å²) in [4.78, 5) is 14.1. The number of hydrogen-bond donors (Lipinski definition) is 2. The molecule has 1 aromatic rings. The van der Waals surface area contributed by atoms with Crippen LogP contribution >= 0.6 is 11.3 Å². The normalized spacial score (nSPS) is 17.5. The van der Waals surface area contributed by atoms with Crippen LogP contribution in [0.25, 0.3) is 0 Å². The maximum Gasteiger partial charge on any atom is 0.210 e. The lowest BCUT2D eigenvalue weighted by Crippen LogP contribution is -2.47. The maximum absolute atomic E-state index is 8.15. The van der Waals surface area contributed by atoms with E-state index in [2.05, 4.69) is 40.7 Å². The molecule has 0 spiro atoms. The molecule has 6 nitrogen and oxygen atoms in total. The lowest BCUT2D eigenvalue weighted by molar-refractivity contribution is 0.213. The van der Waals surface area contributed by atoms with Crippen LogP contribution < -0.4 is 5.73 Å². The van der Waals surface area contributed by atoms with Crippen molar-refractivity contribution in [3.63, 3.8) is 0 Å². The van der Waals surface area contributed by atoms with Gasteiger partial charge < -0.3 is 15.5 Å². The molecule has 2 heterocycles. The molecule has 2 rings (SSSR count). The van der Waals surface area contributed by atoms with E-state index in [1.807, 2.05) is 6.20 Å². The van der Waals surface area contributed by atoms with Crippen LogP contribution in [0.3, 0.4) is 0 Å². The second-order valence-corrected chi connectivity index (χ2v) is 6.76. The zero-order chi connectivity index (χ0) is 15.4. The fourth-order valence-corrected chi connectivity index (χ4v) is 2.94. The topological polar surface area (TPSA) is 81.6 Å². The zero-order valence-corrected chi connectivity index (χ0v) is 13.8. The number of piperazine rings is 1. The molecule has 0 amide bonds. The number of rotatable bonds is 4. The highest BCUT2D eigenvalue weighted by molar-refractivity contribution is 7.15. The van der Waals surface area contributed by atoms with E-state index < -0.39 is 0 Å². The molecular formula is C14H24N6S. The van der Waals surface area contributed by atoms with Crippen molar-refractivity contribution in [2.45, 2.75) is 26.2 Å².